The van der Waals surface area contributed by atoms with Gasteiger partial charge in [0.15, 0.2) is 0 Å². The summed E-state index contributed by atoms with van der Waals surface area (Å²) in [6, 6.07) is 9.88. The quantitative estimate of drug-likeness (QED) is 0.713. The molecule has 1 aliphatic rings. The first-order chi connectivity index (χ1) is 12.6. The second kappa shape index (κ2) is 6.80. The van der Waals surface area contributed by atoms with Crippen molar-refractivity contribution < 1.29 is 9.18 Å². The van der Waals surface area contributed by atoms with E-state index in [9.17, 15) is 9.18 Å². The maximum atomic E-state index is 14.0. The molecule has 0 spiro atoms. The number of benzene rings is 1. The van der Waals surface area contributed by atoms with Gasteiger partial charge in [-0.05, 0) is 37.4 Å². The van der Waals surface area contributed by atoms with E-state index in [0.29, 0.717) is 40.8 Å². The lowest BCUT2D eigenvalue weighted by atomic mass is 10.0. The Balaban J connectivity index is 1.72. The second-order valence-corrected chi connectivity index (χ2v) is 6.55. The summed E-state index contributed by atoms with van der Waals surface area (Å²) < 4.78 is 14.0. The smallest absolute Gasteiger partial charge is 0.254 e. The van der Waals surface area contributed by atoms with Crippen LogP contribution in [0.2, 0.25) is 0 Å². The van der Waals surface area contributed by atoms with Crippen LogP contribution in [0.5, 0.6) is 0 Å². The molecule has 1 aromatic carbocycles. The second-order valence-electron chi connectivity index (χ2n) is 6.55. The average molecular weight is 350 g/mol. The lowest BCUT2D eigenvalue weighted by Crippen LogP contribution is -2.47. The molecule has 3 aromatic rings. The zero-order chi connectivity index (χ0) is 18.1. The molecule has 4 rings (SSSR count). The van der Waals surface area contributed by atoms with Gasteiger partial charge in [-0.25, -0.2) is 4.39 Å². The molecule has 0 aliphatic carbocycles. The lowest BCUT2D eigenvalue weighted by molar-refractivity contribution is 0.0664. The molecule has 0 saturated carbocycles. The van der Waals surface area contributed by atoms with Gasteiger partial charge in [-0.3, -0.25) is 14.8 Å². The van der Waals surface area contributed by atoms with Gasteiger partial charge in [-0.1, -0.05) is 6.07 Å². The van der Waals surface area contributed by atoms with E-state index in [-0.39, 0.29) is 11.7 Å². The highest BCUT2D eigenvalue weighted by Crippen LogP contribution is 2.27. The molecule has 1 amide bonds. The number of amides is 1. The van der Waals surface area contributed by atoms with Gasteiger partial charge in [0.2, 0.25) is 0 Å². The van der Waals surface area contributed by atoms with Gasteiger partial charge < -0.3 is 9.80 Å². The minimum absolute atomic E-state index is 0.0181. The van der Waals surface area contributed by atoms with Gasteiger partial charge in [0.1, 0.15) is 5.82 Å². The molecule has 26 heavy (non-hydrogen) atoms. The summed E-state index contributed by atoms with van der Waals surface area (Å²) >= 11 is 0. The third-order valence-corrected chi connectivity index (χ3v) is 4.74. The molecule has 6 heteroatoms. The molecule has 0 radical (unpaired) electrons. The van der Waals surface area contributed by atoms with E-state index in [1.54, 1.807) is 30.6 Å². The van der Waals surface area contributed by atoms with Crippen LogP contribution in [0.3, 0.4) is 0 Å². The highest BCUT2D eigenvalue weighted by atomic mass is 19.1. The molecule has 2 aromatic heterocycles. The number of likely N-dealkylation sites (N-methyl/N-ethyl adjacent to an activating group) is 1. The number of nitrogens with zero attached hydrogens (tertiary/aromatic N) is 4. The number of hydrogen-bond donors (Lipinski definition) is 0. The Bertz CT molecular complexity index is 967. The van der Waals surface area contributed by atoms with Crippen LogP contribution in [0.25, 0.3) is 22.2 Å². The zero-order valence-electron chi connectivity index (χ0n) is 14.5. The number of hydrogen-bond acceptors (Lipinski definition) is 4. The fourth-order valence-electron chi connectivity index (χ4n) is 3.25. The number of carbonyl (C=O) groups excluding carboxylic acids is 1. The first-order valence-corrected chi connectivity index (χ1v) is 8.60. The molecular weight excluding hydrogens is 331 g/mol. The third-order valence-electron chi connectivity index (χ3n) is 4.74. The van der Waals surface area contributed by atoms with Crippen LogP contribution in [0, 0.1) is 5.82 Å². The van der Waals surface area contributed by atoms with E-state index in [1.807, 2.05) is 11.0 Å². The van der Waals surface area contributed by atoms with Crippen molar-refractivity contribution in [1.29, 1.82) is 0 Å². The van der Waals surface area contributed by atoms with Crippen molar-refractivity contribution in [2.45, 2.75) is 0 Å². The summed E-state index contributed by atoms with van der Waals surface area (Å²) in [7, 11) is 2.05. The minimum Gasteiger partial charge on any atom is -0.336 e. The van der Waals surface area contributed by atoms with Crippen LogP contribution < -0.4 is 0 Å². The van der Waals surface area contributed by atoms with Gasteiger partial charge in [0.05, 0.1) is 11.2 Å². The van der Waals surface area contributed by atoms with Crippen molar-refractivity contribution in [2.24, 2.45) is 0 Å². The molecule has 0 bridgehead atoms. The standard InChI is InChI=1S/C20H19FN4O/c1-24-7-9-25(10-8-24)20(26)15-4-6-22-18(12-15)17-13-16(21)11-14-3-2-5-23-19(14)17/h2-6,11-13H,7-10H2,1H3. The normalized spacial score (nSPS) is 15.4. The fourth-order valence-corrected chi connectivity index (χ4v) is 3.25. The number of fused-ring (bicyclic) bond motifs is 1. The predicted octanol–water partition coefficient (Wildman–Crippen LogP) is 2.82. The summed E-state index contributed by atoms with van der Waals surface area (Å²) in [4.78, 5) is 25.6. The van der Waals surface area contributed by atoms with Gasteiger partial charge in [-0.2, -0.15) is 0 Å². The molecule has 3 heterocycles. The van der Waals surface area contributed by atoms with E-state index < -0.39 is 0 Å². The summed E-state index contributed by atoms with van der Waals surface area (Å²) in [6.07, 6.45) is 3.27. The molecule has 1 saturated heterocycles. The van der Waals surface area contributed by atoms with E-state index in [1.165, 1.54) is 12.1 Å². The Labute approximate surface area is 151 Å². The van der Waals surface area contributed by atoms with Crippen molar-refractivity contribution in [1.82, 2.24) is 19.8 Å². The maximum absolute atomic E-state index is 14.0. The Morgan fingerprint density at radius 3 is 2.65 bits per heavy atom. The number of rotatable bonds is 2. The van der Waals surface area contributed by atoms with E-state index >= 15 is 0 Å². The Morgan fingerprint density at radius 1 is 1.04 bits per heavy atom. The predicted molar refractivity (Wildman–Crippen MR) is 98.3 cm³/mol. The summed E-state index contributed by atoms with van der Waals surface area (Å²) in [6.45, 7) is 3.14. The highest BCUT2D eigenvalue weighted by Gasteiger charge is 2.21. The first-order valence-electron chi connectivity index (χ1n) is 8.60. The fraction of sp³-hybridized carbons (Fsp3) is 0.250. The number of halogens is 1. The minimum atomic E-state index is -0.349. The molecule has 1 fully saturated rings. The Kier molecular flexibility index (Phi) is 4.34. The molecule has 5 nitrogen and oxygen atoms in total. The van der Waals surface area contributed by atoms with Gasteiger partial charge in [-0.15, -0.1) is 0 Å². The lowest BCUT2D eigenvalue weighted by Gasteiger charge is -2.32. The van der Waals surface area contributed by atoms with Crippen LogP contribution >= 0.6 is 0 Å². The third kappa shape index (κ3) is 3.15. The van der Waals surface area contributed by atoms with Crippen molar-refractivity contribution in [3.05, 3.63) is 60.2 Å². The van der Waals surface area contributed by atoms with Gasteiger partial charge in [0.25, 0.3) is 5.91 Å². The van der Waals surface area contributed by atoms with Gasteiger partial charge >= 0.3 is 0 Å². The number of pyridine rings is 2. The van der Waals surface area contributed by atoms with Crippen molar-refractivity contribution in [3.8, 4) is 11.3 Å². The molecule has 132 valence electrons. The Morgan fingerprint density at radius 2 is 1.85 bits per heavy atom. The summed E-state index contributed by atoms with van der Waals surface area (Å²) in [5, 5.41) is 0.708. The van der Waals surface area contributed by atoms with E-state index in [4.69, 9.17) is 0 Å². The van der Waals surface area contributed by atoms with Crippen LogP contribution in [0.4, 0.5) is 4.39 Å². The maximum Gasteiger partial charge on any atom is 0.254 e. The molecular formula is C20H19FN4O. The van der Waals surface area contributed by atoms with Crippen molar-refractivity contribution >= 4 is 16.8 Å². The van der Waals surface area contributed by atoms with E-state index in [2.05, 4.69) is 21.9 Å². The number of carbonyl (C=O) groups is 1. The topological polar surface area (TPSA) is 49.3 Å². The highest BCUT2D eigenvalue weighted by molar-refractivity contribution is 5.97. The average Bonchev–Trinajstić information content (AvgIpc) is 2.67. The van der Waals surface area contributed by atoms with Crippen LogP contribution in [-0.4, -0.2) is 58.9 Å². The largest absolute Gasteiger partial charge is 0.336 e. The summed E-state index contributed by atoms with van der Waals surface area (Å²) in [5.74, 6) is -0.367. The zero-order valence-corrected chi connectivity index (χ0v) is 14.5. The molecule has 0 N–H and O–H groups in total. The van der Waals surface area contributed by atoms with Crippen LogP contribution in [-0.2, 0) is 0 Å². The molecule has 1 aliphatic heterocycles. The van der Waals surface area contributed by atoms with Crippen LogP contribution in [0.1, 0.15) is 10.4 Å². The first kappa shape index (κ1) is 16.6. The summed E-state index contributed by atoms with van der Waals surface area (Å²) in [5.41, 5.74) is 2.38. The SMILES string of the molecule is CN1CCN(C(=O)c2ccnc(-c3cc(F)cc4cccnc34)c2)CC1. The number of piperazine rings is 1. The van der Waals surface area contributed by atoms with Crippen molar-refractivity contribution in [3.63, 3.8) is 0 Å². The van der Waals surface area contributed by atoms with Gasteiger partial charge in [0, 0.05) is 55.1 Å². The molecule has 0 atom stereocenters. The van der Waals surface area contributed by atoms with E-state index in [0.717, 1.165) is 13.1 Å². The molecule has 0 unspecified atom stereocenters. The number of aromatic nitrogens is 2. The monoisotopic (exact) mass is 350 g/mol. The van der Waals surface area contributed by atoms with Crippen molar-refractivity contribution in [2.75, 3.05) is 33.2 Å². The Hall–Kier alpha value is -2.86. The van der Waals surface area contributed by atoms with Crippen LogP contribution in [0.15, 0.2) is 48.8 Å².